The highest BCUT2D eigenvalue weighted by molar-refractivity contribution is 9.10. The Bertz CT molecular complexity index is 1650. The Labute approximate surface area is 238 Å². The lowest BCUT2D eigenvalue weighted by Gasteiger charge is -2.21. The third-order valence-corrected chi connectivity index (χ3v) is 7.24. The van der Waals surface area contributed by atoms with Crippen molar-refractivity contribution < 1.29 is 14.4 Å². The van der Waals surface area contributed by atoms with Gasteiger partial charge in [0.2, 0.25) is 5.88 Å². The van der Waals surface area contributed by atoms with Crippen molar-refractivity contribution in [2.24, 2.45) is 5.10 Å². The molecule has 2 aromatic heterocycles. The van der Waals surface area contributed by atoms with Gasteiger partial charge in [-0.05, 0) is 40.2 Å². The van der Waals surface area contributed by atoms with E-state index in [1.54, 1.807) is 18.2 Å². The lowest BCUT2D eigenvalue weighted by atomic mass is 9.95. The van der Waals surface area contributed by atoms with Crippen molar-refractivity contribution in [3.05, 3.63) is 88.4 Å². The molecule has 0 aliphatic rings. The van der Waals surface area contributed by atoms with Gasteiger partial charge in [0.25, 0.3) is 11.2 Å². The van der Waals surface area contributed by atoms with E-state index in [1.807, 2.05) is 26.8 Å². The molecule has 0 unspecified atom stereocenters. The maximum Gasteiger partial charge on any atom is 0.287 e. The number of methoxy groups -OCH3 is 1. The van der Waals surface area contributed by atoms with Gasteiger partial charge in [0.1, 0.15) is 17.0 Å². The maximum atomic E-state index is 13.4. The SMILES string of the molecule is COc1cc(C=Nn2c(C(C)(C)C)nc3ccc(Br)cc3c2=O)c(Br)c(Cl)c1Oc1ccc([N+](=O)[O-])cn1. The zero-order valence-corrected chi connectivity index (χ0v) is 24.5. The third kappa shape index (κ3) is 5.57. The minimum absolute atomic E-state index is 0.0823. The van der Waals surface area contributed by atoms with Gasteiger partial charge in [-0.2, -0.15) is 9.78 Å². The van der Waals surface area contributed by atoms with E-state index in [2.05, 4.69) is 41.9 Å². The van der Waals surface area contributed by atoms with Gasteiger partial charge in [0.15, 0.2) is 11.5 Å². The van der Waals surface area contributed by atoms with Crippen molar-refractivity contribution in [3.8, 4) is 17.4 Å². The Morgan fingerprint density at radius 3 is 2.53 bits per heavy atom. The van der Waals surface area contributed by atoms with E-state index in [4.69, 9.17) is 26.1 Å². The molecule has 4 rings (SSSR count). The van der Waals surface area contributed by atoms with Gasteiger partial charge in [-0.1, -0.05) is 48.3 Å². The van der Waals surface area contributed by atoms with Gasteiger partial charge in [-0.25, -0.2) is 9.97 Å². The molecule has 38 heavy (non-hydrogen) atoms. The minimum atomic E-state index is -0.560. The van der Waals surface area contributed by atoms with E-state index >= 15 is 0 Å². The number of nitro groups is 1. The van der Waals surface area contributed by atoms with Crippen LogP contribution in [0.2, 0.25) is 5.02 Å². The molecule has 10 nitrogen and oxygen atoms in total. The topological polar surface area (TPSA) is 122 Å². The lowest BCUT2D eigenvalue weighted by Crippen LogP contribution is -2.29. The van der Waals surface area contributed by atoms with Gasteiger partial charge < -0.3 is 9.47 Å². The zero-order valence-electron chi connectivity index (χ0n) is 20.5. The number of hydrogen-bond donors (Lipinski definition) is 0. The third-order valence-electron chi connectivity index (χ3n) is 5.31. The minimum Gasteiger partial charge on any atom is -0.493 e. The molecule has 196 valence electrons. The van der Waals surface area contributed by atoms with Crippen molar-refractivity contribution in [1.29, 1.82) is 0 Å². The van der Waals surface area contributed by atoms with Crippen LogP contribution in [0.1, 0.15) is 32.2 Å². The van der Waals surface area contributed by atoms with Crippen LogP contribution in [0.5, 0.6) is 17.4 Å². The van der Waals surface area contributed by atoms with Gasteiger partial charge in [0, 0.05) is 32.1 Å². The van der Waals surface area contributed by atoms with Crippen molar-refractivity contribution in [3.63, 3.8) is 0 Å². The number of aromatic nitrogens is 3. The van der Waals surface area contributed by atoms with E-state index in [9.17, 15) is 14.9 Å². The van der Waals surface area contributed by atoms with E-state index in [-0.39, 0.29) is 33.6 Å². The Hall–Kier alpha value is -3.35. The normalized spacial score (nSPS) is 11.8. The molecule has 0 saturated carbocycles. The van der Waals surface area contributed by atoms with Crippen LogP contribution in [0.25, 0.3) is 10.9 Å². The maximum absolute atomic E-state index is 13.4. The molecule has 0 spiro atoms. The van der Waals surface area contributed by atoms with Crippen LogP contribution in [0, 0.1) is 10.1 Å². The summed E-state index contributed by atoms with van der Waals surface area (Å²) in [5, 5.41) is 15.9. The smallest absolute Gasteiger partial charge is 0.287 e. The van der Waals surface area contributed by atoms with E-state index in [1.165, 1.54) is 30.1 Å². The number of rotatable bonds is 6. The highest BCUT2D eigenvalue weighted by Crippen LogP contribution is 2.44. The quantitative estimate of drug-likeness (QED) is 0.125. The Kier molecular flexibility index (Phi) is 7.86. The predicted octanol–water partition coefficient (Wildman–Crippen LogP) is 6.86. The predicted molar refractivity (Wildman–Crippen MR) is 152 cm³/mol. The average molecular weight is 666 g/mol. The fraction of sp³-hybridized carbons (Fsp3) is 0.200. The summed E-state index contributed by atoms with van der Waals surface area (Å²) in [6.07, 6.45) is 2.54. The van der Waals surface area contributed by atoms with Crippen molar-refractivity contribution >= 4 is 66.3 Å². The fourth-order valence-electron chi connectivity index (χ4n) is 3.45. The summed E-state index contributed by atoms with van der Waals surface area (Å²) in [6, 6.07) is 9.55. The molecule has 2 aromatic carbocycles. The van der Waals surface area contributed by atoms with Gasteiger partial charge >= 0.3 is 0 Å². The number of nitrogens with zero attached hydrogens (tertiary/aromatic N) is 5. The molecule has 0 aliphatic heterocycles. The van der Waals surface area contributed by atoms with Crippen LogP contribution in [-0.2, 0) is 5.41 Å². The number of halogens is 3. The molecular weight excluding hydrogens is 646 g/mol. The Morgan fingerprint density at radius 1 is 1.18 bits per heavy atom. The molecule has 0 aliphatic carbocycles. The first-order chi connectivity index (χ1) is 17.9. The van der Waals surface area contributed by atoms with Crippen LogP contribution in [0.15, 0.2) is 61.4 Å². The summed E-state index contributed by atoms with van der Waals surface area (Å²) >= 11 is 13.5. The van der Waals surface area contributed by atoms with Crippen LogP contribution in [0.3, 0.4) is 0 Å². The first-order valence-corrected chi connectivity index (χ1v) is 13.0. The Morgan fingerprint density at radius 2 is 1.92 bits per heavy atom. The molecule has 0 amide bonds. The van der Waals surface area contributed by atoms with Gasteiger partial charge in [0.05, 0.1) is 29.2 Å². The second-order valence-electron chi connectivity index (χ2n) is 9.05. The number of benzene rings is 2. The molecule has 0 atom stereocenters. The standard InChI is InChI=1S/C25H20Br2ClN5O5/c1-25(2,3)24-31-17-7-5-14(26)10-16(17)23(34)32(24)30-11-13-9-18(37-4)22(21(28)20(13)27)38-19-8-6-15(12-29-19)33(35)36/h5-12H,1-4H3. The van der Waals surface area contributed by atoms with Crippen molar-refractivity contribution in [2.75, 3.05) is 7.11 Å². The van der Waals surface area contributed by atoms with Crippen LogP contribution < -0.4 is 15.0 Å². The van der Waals surface area contributed by atoms with Gasteiger partial charge in [-0.3, -0.25) is 14.9 Å². The highest BCUT2D eigenvalue weighted by Gasteiger charge is 2.23. The number of pyridine rings is 1. The summed E-state index contributed by atoms with van der Waals surface area (Å²) in [6.45, 7) is 5.83. The summed E-state index contributed by atoms with van der Waals surface area (Å²) in [5.74, 6) is 0.957. The first kappa shape index (κ1) is 27.7. The van der Waals surface area contributed by atoms with Crippen LogP contribution in [-0.4, -0.2) is 32.9 Å². The number of hydrogen-bond acceptors (Lipinski definition) is 8. The highest BCUT2D eigenvalue weighted by atomic mass is 79.9. The van der Waals surface area contributed by atoms with Gasteiger partial charge in [-0.15, -0.1) is 0 Å². The molecule has 0 saturated heterocycles. The monoisotopic (exact) mass is 663 g/mol. The van der Waals surface area contributed by atoms with Crippen LogP contribution in [0.4, 0.5) is 5.69 Å². The molecule has 0 radical (unpaired) electrons. The molecule has 2 heterocycles. The molecule has 0 bridgehead atoms. The molecule has 13 heteroatoms. The summed E-state index contributed by atoms with van der Waals surface area (Å²) in [7, 11) is 1.43. The summed E-state index contributed by atoms with van der Waals surface area (Å²) < 4.78 is 13.7. The Balaban J connectivity index is 1.79. The first-order valence-electron chi connectivity index (χ1n) is 11.0. The fourth-order valence-corrected chi connectivity index (χ4v) is 4.45. The largest absolute Gasteiger partial charge is 0.493 e. The second-order valence-corrected chi connectivity index (χ2v) is 11.1. The van der Waals surface area contributed by atoms with E-state index < -0.39 is 10.3 Å². The second kappa shape index (κ2) is 10.8. The summed E-state index contributed by atoms with van der Waals surface area (Å²) in [4.78, 5) is 32.4. The summed E-state index contributed by atoms with van der Waals surface area (Å²) in [5.41, 5.74) is 0.0815. The van der Waals surface area contributed by atoms with E-state index in [0.29, 0.717) is 26.8 Å². The van der Waals surface area contributed by atoms with Crippen molar-refractivity contribution in [1.82, 2.24) is 14.6 Å². The molecule has 0 N–H and O–H groups in total. The number of fused-ring (bicyclic) bond motifs is 1. The van der Waals surface area contributed by atoms with Crippen LogP contribution >= 0.6 is 43.5 Å². The van der Waals surface area contributed by atoms with Crippen molar-refractivity contribution in [2.45, 2.75) is 26.2 Å². The number of ether oxygens (including phenoxy) is 2. The van der Waals surface area contributed by atoms with E-state index in [0.717, 1.165) is 10.7 Å². The lowest BCUT2D eigenvalue weighted by molar-refractivity contribution is -0.385. The molecular formula is C25H20Br2ClN5O5. The molecule has 0 fully saturated rings. The zero-order chi connectivity index (χ0) is 27.8. The molecule has 4 aromatic rings. The average Bonchev–Trinajstić information content (AvgIpc) is 2.87.